The molecule has 1 aliphatic heterocycles. The van der Waals surface area contributed by atoms with E-state index < -0.39 is 0 Å². The van der Waals surface area contributed by atoms with Gasteiger partial charge in [-0.15, -0.1) is 11.3 Å². The average molecular weight is 288 g/mol. The summed E-state index contributed by atoms with van der Waals surface area (Å²) >= 11 is 1.51. The molecule has 2 aromatic heterocycles. The molecule has 0 radical (unpaired) electrons. The van der Waals surface area contributed by atoms with E-state index in [1.807, 2.05) is 35.7 Å². The van der Waals surface area contributed by atoms with Gasteiger partial charge in [0, 0.05) is 25.3 Å². The van der Waals surface area contributed by atoms with E-state index in [9.17, 15) is 4.79 Å². The van der Waals surface area contributed by atoms with Gasteiger partial charge in [0.1, 0.15) is 5.82 Å². The Morgan fingerprint density at radius 3 is 3.05 bits per heavy atom. The monoisotopic (exact) mass is 288 g/mol. The van der Waals surface area contributed by atoms with Gasteiger partial charge in [0.25, 0.3) is 0 Å². The quantitative estimate of drug-likeness (QED) is 0.912. The number of hydrogen-bond donors (Lipinski definition) is 2. The maximum atomic E-state index is 11.9. The molecule has 104 valence electrons. The van der Waals surface area contributed by atoms with E-state index in [2.05, 4.69) is 20.5 Å². The Balaban J connectivity index is 1.52. The largest absolute Gasteiger partial charge is 0.354 e. The van der Waals surface area contributed by atoms with Crippen LogP contribution in [0.3, 0.4) is 0 Å². The van der Waals surface area contributed by atoms with Gasteiger partial charge in [0.05, 0.1) is 5.00 Å². The molecule has 20 heavy (non-hydrogen) atoms. The molecule has 1 fully saturated rings. The fourth-order valence-corrected chi connectivity index (χ4v) is 2.92. The lowest BCUT2D eigenvalue weighted by Gasteiger charge is -2.17. The second-order valence-electron chi connectivity index (χ2n) is 4.70. The van der Waals surface area contributed by atoms with Gasteiger partial charge in [-0.25, -0.2) is 9.78 Å². The van der Waals surface area contributed by atoms with Crippen molar-refractivity contribution in [3.8, 4) is 0 Å². The molecular formula is C14H16N4OS. The van der Waals surface area contributed by atoms with Gasteiger partial charge in [0.15, 0.2) is 0 Å². The van der Waals surface area contributed by atoms with E-state index in [0.717, 1.165) is 30.3 Å². The summed E-state index contributed by atoms with van der Waals surface area (Å²) in [6.07, 6.45) is 2.73. The highest BCUT2D eigenvalue weighted by atomic mass is 32.1. The van der Waals surface area contributed by atoms with Crippen LogP contribution >= 0.6 is 11.3 Å². The van der Waals surface area contributed by atoms with Crippen LogP contribution in [-0.2, 0) is 0 Å². The van der Waals surface area contributed by atoms with Crippen molar-refractivity contribution in [3.63, 3.8) is 0 Å². The second-order valence-corrected chi connectivity index (χ2v) is 5.64. The minimum Gasteiger partial charge on any atom is -0.354 e. The van der Waals surface area contributed by atoms with E-state index in [1.165, 1.54) is 11.3 Å². The molecule has 2 N–H and O–H groups in total. The summed E-state index contributed by atoms with van der Waals surface area (Å²) in [7, 11) is 0. The van der Waals surface area contributed by atoms with Gasteiger partial charge in [-0.2, -0.15) is 0 Å². The minimum atomic E-state index is -0.139. The number of nitrogens with zero attached hydrogens (tertiary/aromatic N) is 2. The third kappa shape index (κ3) is 3.08. The van der Waals surface area contributed by atoms with Gasteiger partial charge in [0.2, 0.25) is 0 Å². The Kier molecular flexibility index (Phi) is 3.83. The van der Waals surface area contributed by atoms with Crippen LogP contribution in [0.25, 0.3) is 0 Å². The molecule has 5 nitrogen and oxygen atoms in total. The molecule has 0 unspecified atom stereocenters. The number of amides is 2. The Labute approximate surface area is 121 Å². The molecule has 2 aromatic rings. The highest BCUT2D eigenvalue weighted by Gasteiger charge is 2.24. The molecule has 1 saturated heterocycles. The van der Waals surface area contributed by atoms with Crippen molar-refractivity contribution >= 4 is 28.2 Å². The zero-order valence-corrected chi connectivity index (χ0v) is 11.8. The normalized spacial score (nSPS) is 18.0. The van der Waals surface area contributed by atoms with Crippen molar-refractivity contribution < 1.29 is 4.79 Å². The van der Waals surface area contributed by atoms with Gasteiger partial charge in [-0.3, -0.25) is 5.32 Å². The third-order valence-corrected chi connectivity index (χ3v) is 4.04. The molecular weight excluding hydrogens is 272 g/mol. The summed E-state index contributed by atoms with van der Waals surface area (Å²) in [5, 5.41) is 8.64. The van der Waals surface area contributed by atoms with Crippen LogP contribution in [0.5, 0.6) is 0 Å². The molecule has 0 aliphatic carbocycles. The van der Waals surface area contributed by atoms with E-state index in [-0.39, 0.29) is 12.1 Å². The first-order valence-electron chi connectivity index (χ1n) is 6.58. The highest BCUT2D eigenvalue weighted by Crippen LogP contribution is 2.18. The Morgan fingerprint density at radius 2 is 2.30 bits per heavy atom. The smallest absolute Gasteiger partial charge is 0.320 e. The minimum absolute atomic E-state index is 0.139. The van der Waals surface area contributed by atoms with E-state index >= 15 is 0 Å². The van der Waals surface area contributed by atoms with Crippen LogP contribution in [0.2, 0.25) is 0 Å². The zero-order chi connectivity index (χ0) is 13.8. The number of pyridine rings is 1. The molecule has 2 amide bonds. The predicted octanol–water partition coefficient (Wildman–Crippen LogP) is 2.54. The van der Waals surface area contributed by atoms with Crippen molar-refractivity contribution in [1.29, 1.82) is 0 Å². The van der Waals surface area contributed by atoms with E-state index in [1.54, 1.807) is 6.20 Å². The Bertz CT molecular complexity index is 558. The molecule has 1 aliphatic rings. The number of rotatable bonds is 3. The maximum Gasteiger partial charge on any atom is 0.320 e. The summed E-state index contributed by atoms with van der Waals surface area (Å²) in [5.41, 5.74) is 0. The van der Waals surface area contributed by atoms with Gasteiger partial charge < -0.3 is 10.2 Å². The van der Waals surface area contributed by atoms with Crippen LogP contribution in [0.1, 0.15) is 6.42 Å². The van der Waals surface area contributed by atoms with E-state index in [0.29, 0.717) is 0 Å². The lowest BCUT2D eigenvalue weighted by Crippen LogP contribution is -2.39. The second kappa shape index (κ2) is 5.92. The summed E-state index contributed by atoms with van der Waals surface area (Å²) in [4.78, 5) is 18.4. The van der Waals surface area contributed by atoms with Gasteiger partial charge in [-0.05, 0) is 36.1 Å². The number of carbonyl (C=O) groups excluding carboxylic acids is 1. The molecule has 3 rings (SSSR count). The Morgan fingerprint density at radius 1 is 1.35 bits per heavy atom. The SMILES string of the molecule is O=C(Nc1cccs1)N[C@H]1CCN(c2ccccn2)C1. The van der Waals surface area contributed by atoms with Crippen LogP contribution < -0.4 is 15.5 Å². The molecule has 0 bridgehead atoms. The molecule has 0 aromatic carbocycles. The van der Waals surface area contributed by atoms with Crippen molar-refractivity contribution in [1.82, 2.24) is 10.3 Å². The highest BCUT2D eigenvalue weighted by molar-refractivity contribution is 7.14. The fraction of sp³-hybridized carbons (Fsp3) is 0.286. The zero-order valence-electron chi connectivity index (χ0n) is 11.0. The lowest BCUT2D eigenvalue weighted by atomic mass is 10.3. The van der Waals surface area contributed by atoms with Crippen LogP contribution in [0.15, 0.2) is 41.9 Å². The van der Waals surface area contributed by atoms with Crippen LogP contribution in [-0.4, -0.2) is 30.1 Å². The molecule has 1 atom stereocenters. The van der Waals surface area contributed by atoms with Crippen molar-refractivity contribution in [2.24, 2.45) is 0 Å². The van der Waals surface area contributed by atoms with Crippen molar-refractivity contribution in [2.45, 2.75) is 12.5 Å². The molecule has 6 heteroatoms. The average Bonchev–Trinajstić information content (AvgIpc) is 3.11. The number of nitrogens with one attached hydrogen (secondary N) is 2. The third-order valence-electron chi connectivity index (χ3n) is 3.25. The summed E-state index contributed by atoms with van der Waals surface area (Å²) < 4.78 is 0. The van der Waals surface area contributed by atoms with Crippen LogP contribution in [0, 0.1) is 0 Å². The maximum absolute atomic E-state index is 11.9. The number of hydrogen-bond acceptors (Lipinski definition) is 4. The lowest BCUT2D eigenvalue weighted by molar-refractivity contribution is 0.249. The predicted molar refractivity (Wildman–Crippen MR) is 81.3 cm³/mol. The van der Waals surface area contributed by atoms with E-state index in [4.69, 9.17) is 0 Å². The van der Waals surface area contributed by atoms with Crippen molar-refractivity contribution in [2.75, 3.05) is 23.3 Å². The van der Waals surface area contributed by atoms with Crippen molar-refractivity contribution in [3.05, 3.63) is 41.9 Å². The molecule has 0 spiro atoms. The number of anilines is 2. The molecule has 0 saturated carbocycles. The summed E-state index contributed by atoms with van der Waals surface area (Å²) in [6.45, 7) is 1.72. The first kappa shape index (κ1) is 12.9. The number of thiophene rings is 1. The number of aromatic nitrogens is 1. The standard InChI is InChI=1S/C14H16N4OS/c19-14(17-13-5-3-9-20-13)16-11-6-8-18(10-11)12-4-1-2-7-15-12/h1-5,7,9,11H,6,8,10H2,(H2,16,17,19)/t11-/m0/s1. The summed E-state index contributed by atoms with van der Waals surface area (Å²) in [5.74, 6) is 0.968. The fourth-order valence-electron chi connectivity index (χ4n) is 2.31. The first-order valence-corrected chi connectivity index (χ1v) is 7.46. The topological polar surface area (TPSA) is 57.3 Å². The number of urea groups is 1. The Hall–Kier alpha value is -2.08. The van der Waals surface area contributed by atoms with Gasteiger partial charge in [-0.1, -0.05) is 6.07 Å². The van der Waals surface area contributed by atoms with Crippen LogP contribution in [0.4, 0.5) is 15.6 Å². The summed E-state index contributed by atoms with van der Waals surface area (Å²) in [6, 6.07) is 9.71. The first-order chi connectivity index (χ1) is 9.81. The molecule has 3 heterocycles. The van der Waals surface area contributed by atoms with Gasteiger partial charge >= 0.3 is 6.03 Å². The number of carbonyl (C=O) groups is 1.